The average Bonchev–Trinajstić information content (AvgIpc) is 3.10. The third-order valence-corrected chi connectivity index (χ3v) is 5.14. The molecule has 1 amide bonds. The van der Waals surface area contributed by atoms with Gasteiger partial charge in [0.05, 0.1) is 6.04 Å². The Labute approximate surface area is 136 Å². The van der Waals surface area contributed by atoms with E-state index in [9.17, 15) is 4.79 Å². The van der Waals surface area contributed by atoms with Gasteiger partial charge >= 0.3 is 0 Å². The fourth-order valence-electron chi connectivity index (χ4n) is 3.39. The van der Waals surface area contributed by atoms with Crippen molar-refractivity contribution in [3.63, 3.8) is 0 Å². The normalized spacial score (nSPS) is 27.3. The molecule has 23 heavy (non-hydrogen) atoms. The molecule has 3 aliphatic rings. The molecule has 126 valence electrons. The van der Waals surface area contributed by atoms with Gasteiger partial charge in [-0.05, 0) is 32.6 Å². The highest BCUT2D eigenvalue weighted by Gasteiger charge is 2.34. The Balaban J connectivity index is 1.32. The van der Waals surface area contributed by atoms with Crippen molar-refractivity contribution in [2.45, 2.75) is 50.7 Å². The smallest absolute Gasteiger partial charge is 0.251 e. The van der Waals surface area contributed by atoms with Crippen molar-refractivity contribution in [3.8, 4) is 0 Å². The summed E-state index contributed by atoms with van der Waals surface area (Å²) in [7, 11) is 0. The first kappa shape index (κ1) is 15.1. The van der Waals surface area contributed by atoms with Gasteiger partial charge in [-0.15, -0.1) is 0 Å². The lowest BCUT2D eigenvalue weighted by Crippen LogP contribution is -2.51. The Kier molecular flexibility index (Phi) is 4.07. The van der Waals surface area contributed by atoms with E-state index in [0.717, 1.165) is 44.8 Å². The standard InChI is InChI=1S/C16H24N4O3/c1-11(15-17-14(18-23-15)12-4-5-12)19-6-8-20(9-7-19)16(21)13-3-2-10-22-13/h11-13H,2-10H2,1H3/t11-,13-/m1/s1. The zero-order valence-electron chi connectivity index (χ0n) is 13.6. The van der Waals surface area contributed by atoms with Crippen LogP contribution in [0.1, 0.15) is 56.3 Å². The number of nitrogens with zero attached hydrogens (tertiary/aromatic N) is 4. The van der Waals surface area contributed by atoms with E-state index in [1.807, 2.05) is 4.90 Å². The minimum absolute atomic E-state index is 0.106. The zero-order chi connectivity index (χ0) is 15.8. The summed E-state index contributed by atoms with van der Waals surface area (Å²) in [6.07, 6.45) is 4.00. The van der Waals surface area contributed by atoms with Crippen LogP contribution in [-0.2, 0) is 9.53 Å². The Hall–Kier alpha value is -1.47. The molecule has 2 atom stereocenters. The number of piperazine rings is 1. The van der Waals surface area contributed by atoms with Crippen LogP contribution in [-0.4, -0.2) is 64.7 Å². The molecular formula is C16H24N4O3. The van der Waals surface area contributed by atoms with Gasteiger partial charge in [-0.2, -0.15) is 4.98 Å². The Morgan fingerprint density at radius 2 is 2.00 bits per heavy atom. The van der Waals surface area contributed by atoms with Crippen molar-refractivity contribution in [2.75, 3.05) is 32.8 Å². The van der Waals surface area contributed by atoms with Gasteiger partial charge in [0.15, 0.2) is 5.82 Å². The van der Waals surface area contributed by atoms with Crippen LogP contribution in [0.15, 0.2) is 4.52 Å². The maximum Gasteiger partial charge on any atom is 0.251 e. The first-order chi connectivity index (χ1) is 11.2. The first-order valence-corrected chi connectivity index (χ1v) is 8.70. The molecule has 1 saturated carbocycles. The molecule has 3 fully saturated rings. The van der Waals surface area contributed by atoms with Gasteiger partial charge in [-0.1, -0.05) is 5.16 Å². The summed E-state index contributed by atoms with van der Waals surface area (Å²) in [4.78, 5) is 21.2. The molecule has 0 radical (unpaired) electrons. The maximum absolute atomic E-state index is 12.4. The molecule has 2 aliphatic heterocycles. The number of aromatic nitrogens is 2. The van der Waals surface area contributed by atoms with E-state index in [-0.39, 0.29) is 18.1 Å². The number of rotatable bonds is 4. The van der Waals surface area contributed by atoms with Gasteiger partial charge in [0.2, 0.25) is 5.89 Å². The van der Waals surface area contributed by atoms with Gasteiger partial charge in [0.25, 0.3) is 5.91 Å². The lowest BCUT2D eigenvalue weighted by Gasteiger charge is -2.37. The monoisotopic (exact) mass is 320 g/mol. The van der Waals surface area contributed by atoms with Crippen LogP contribution in [0.5, 0.6) is 0 Å². The second kappa shape index (κ2) is 6.20. The second-order valence-electron chi connectivity index (χ2n) is 6.80. The lowest BCUT2D eigenvalue weighted by atomic mass is 10.2. The highest BCUT2D eigenvalue weighted by molar-refractivity contribution is 5.81. The number of amides is 1. The van der Waals surface area contributed by atoms with Crippen LogP contribution >= 0.6 is 0 Å². The SMILES string of the molecule is C[C@H](c1nc(C2CC2)no1)N1CCN(C(=O)[C@H]2CCCO2)CC1. The molecule has 0 aromatic carbocycles. The molecule has 7 heteroatoms. The quantitative estimate of drug-likeness (QED) is 0.833. The fourth-order valence-corrected chi connectivity index (χ4v) is 3.39. The topological polar surface area (TPSA) is 71.7 Å². The third-order valence-electron chi connectivity index (χ3n) is 5.14. The van der Waals surface area contributed by atoms with E-state index in [1.54, 1.807) is 0 Å². The number of hydrogen-bond donors (Lipinski definition) is 0. The Morgan fingerprint density at radius 3 is 2.65 bits per heavy atom. The molecule has 0 bridgehead atoms. The number of hydrogen-bond acceptors (Lipinski definition) is 6. The van der Waals surface area contributed by atoms with E-state index >= 15 is 0 Å². The molecule has 1 aromatic heterocycles. The molecular weight excluding hydrogens is 296 g/mol. The van der Waals surface area contributed by atoms with E-state index in [2.05, 4.69) is 22.0 Å². The van der Waals surface area contributed by atoms with Crippen molar-refractivity contribution >= 4 is 5.91 Å². The zero-order valence-corrected chi connectivity index (χ0v) is 13.6. The first-order valence-electron chi connectivity index (χ1n) is 8.70. The summed E-state index contributed by atoms with van der Waals surface area (Å²) in [5, 5.41) is 4.10. The fraction of sp³-hybridized carbons (Fsp3) is 0.812. The molecule has 0 unspecified atom stereocenters. The van der Waals surface area contributed by atoms with E-state index in [4.69, 9.17) is 9.26 Å². The molecule has 4 rings (SSSR count). The third kappa shape index (κ3) is 3.12. The minimum Gasteiger partial charge on any atom is -0.368 e. The van der Waals surface area contributed by atoms with Crippen molar-refractivity contribution in [1.29, 1.82) is 0 Å². The predicted molar refractivity (Wildman–Crippen MR) is 81.8 cm³/mol. The summed E-state index contributed by atoms with van der Waals surface area (Å²) >= 11 is 0. The highest BCUT2D eigenvalue weighted by Crippen LogP contribution is 2.38. The van der Waals surface area contributed by atoms with Crippen LogP contribution in [0.25, 0.3) is 0 Å². The van der Waals surface area contributed by atoms with Crippen LogP contribution in [0.2, 0.25) is 0 Å². The van der Waals surface area contributed by atoms with Gasteiger partial charge in [-0.25, -0.2) is 0 Å². The molecule has 0 N–H and O–H groups in total. The summed E-state index contributed by atoms with van der Waals surface area (Å²) < 4.78 is 10.9. The van der Waals surface area contributed by atoms with Gasteiger partial charge < -0.3 is 14.2 Å². The van der Waals surface area contributed by atoms with E-state index < -0.39 is 0 Å². The minimum atomic E-state index is -0.212. The predicted octanol–water partition coefficient (Wildman–Crippen LogP) is 1.33. The van der Waals surface area contributed by atoms with Crippen molar-refractivity contribution in [3.05, 3.63) is 11.7 Å². The highest BCUT2D eigenvalue weighted by atomic mass is 16.5. The molecule has 7 nitrogen and oxygen atoms in total. The number of carbonyl (C=O) groups excluding carboxylic acids is 1. The van der Waals surface area contributed by atoms with E-state index in [0.29, 0.717) is 18.4 Å². The summed E-state index contributed by atoms with van der Waals surface area (Å²) in [6.45, 7) is 5.97. The molecule has 3 heterocycles. The van der Waals surface area contributed by atoms with Crippen LogP contribution in [0.4, 0.5) is 0 Å². The Morgan fingerprint density at radius 1 is 1.22 bits per heavy atom. The summed E-state index contributed by atoms with van der Waals surface area (Å²) in [6, 6.07) is 0.106. The number of carbonyl (C=O) groups is 1. The Bertz CT molecular complexity index is 557. The second-order valence-corrected chi connectivity index (χ2v) is 6.80. The maximum atomic E-state index is 12.4. The van der Waals surface area contributed by atoms with Gasteiger partial charge in [0, 0.05) is 38.7 Å². The number of ether oxygens (including phenoxy) is 1. The van der Waals surface area contributed by atoms with Crippen LogP contribution in [0.3, 0.4) is 0 Å². The van der Waals surface area contributed by atoms with Gasteiger partial charge in [0.1, 0.15) is 6.10 Å². The molecule has 2 saturated heterocycles. The van der Waals surface area contributed by atoms with Crippen LogP contribution < -0.4 is 0 Å². The molecule has 1 aliphatic carbocycles. The lowest BCUT2D eigenvalue weighted by molar-refractivity contribution is -0.143. The van der Waals surface area contributed by atoms with Crippen molar-refractivity contribution < 1.29 is 14.1 Å². The van der Waals surface area contributed by atoms with Crippen molar-refractivity contribution in [1.82, 2.24) is 19.9 Å². The summed E-state index contributed by atoms with van der Waals surface area (Å²) in [5.41, 5.74) is 0. The van der Waals surface area contributed by atoms with Crippen molar-refractivity contribution in [2.24, 2.45) is 0 Å². The summed E-state index contributed by atoms with van der Waals surface area (Å²) in [5.74, 6) is 2.23. The molecule has 0 spiro atoms. The average molecular weight is 320 g/mol. The van der Waals surface area contributed by atoms with Crippen LogP contribution in [0, 0.1) is 0 Å². The van der Waals surface area contributed by atoms with Gasteiger partial charge in [-0.3, -0.25) is 9.69 Å². The largest absolute Gasteiger partial charge is 0.368 e. The molecule has 1 aromatic rings. The van der Waals surface area contributed by atoms with E-state index in [1.165, 1.54) is 12.8 Å².